The quantitative estimate of drug-likeness (QED) is 0.339. The molecule has 0 saturated heterocycles. The second-order valence-corrected chi connectivity index (χ2v) is 5.70. The highest BCUT2D eigenvalue weighted by atomic mass is 16.5. The average Bonchev–Trinajstić information content (AvgIpc) is 2.71. The lowest BCUT2D eigenvalue weighted by Gasteiger charge is -2.11. The molecule has 0 aromatic heterocycles. The van der Waals surface area contributed by atoms with E-state index in [1.165, 1.54) is 0 Å². The third kappa shape index (κ3) is 3.60. The standard InChI is InChI=1S/C23H19NO2/c1-3-14-26-23-13-10-18-6-4-5-7-21(18)22(23)15-19(16-24)17-8-11-20(25-2)12-9-17/h3-13,15H,1,14H2,2H3/b19-15+. The van der Waals surface area contributed by atoms with Crippen LogP contribution in [0.3, 0.4) is 0 Å². The summed E-state index contributed by atoms with van der Waals surface area (Å²) in [6, 6.07) is 21.8. The topological polar surface area (TPSA) is 42.2 Å². The van der Waals surface area contributed by atoms with Crippen molar-refractivity contribution in [2.75, 3.05) is 13.7 Å². The molecule has 0 spiro atoms. The van der Waals surface area contributed by atoms with Gasteiger partial charge < -0.3 is 9.47 Å². The van der Waals surface area contributed by atoms with Crippen LogP contribution in [0.2, 0.25) is 0 Å². The molecule has 3 rings (SSSR count). The summed E-state index contributed by atoms with van der Waals surface area (Å²) in [7, 11) is 1.62. The van der Waals surface area contributed by atoms with Gasteiger partial charge >= 0.3 is 0 Å². The summed E-state index contributed by atoms with van der Waals surface area (Å²) in [6.07, 6.45) is 3.58. The number of hydrogen-bond donors (Lipinski definition) is 0. The van der Waals surface area contributed by atoms with Crippen LogP contribution in [-0.2, 0) is 0 Å². The van der Waals surface area contributed by atoms with Gasteiger partial charge in [-0.05, 0) is 52.7 Å². The molecule has 0 atom stereocenters. The number of benzene rings is 3. The zero-order chi connectivity index (χ0) is 18.4. The van der Waals surface area contributed by atoms with Crippen LogP contribution in [0.15, 0.2) is 73.3 Å². The zero-order valence-corrected chi connectivity index (χ0v) is 14.6. The summed E-state index contributed by atoms with van der Waals surface area (Å²) >= 11 is 0. The van der Waals surface area contributed by atoms with Gasteiger partial charge in [-0.2, -0.15) is 5.26 Å². The molecule has 0 radical (unpaired) electrons. The van der Waals surface area contributed by atoms with E-state index in [0.29, 0.717) is 12.2 Å². The minimum Gasteiger partial charge on any atom is -0.497 e. The average molecular weight is 341 g/mol. The van der Waals surface area contributed by atoms with E-state index in [4.69, 9.17) is 9.47 Å². The molecule has 0 saturated carbocycles. The SMILES string of the molecule is C=CCOc1ccc2ccccc2c1/C=C(\C#N)c1ccc(OC)cc1. The van der Waals surface area contributed by atoms with Crippen LogP contribution >= 0.6 is 0 Å². The molecule has 0 fully saturated rings. The minimum atomic E-state index is 0.406. The number of nitrogens with zero attached hydrogens (tertiary/aromatic N) is 1. The molecule has 3 heteroatoms. The molecule has 0 bridgehead atoms. The fourth-order valence-corrected chi connectivity index (χ4v) is 2.79. The lowest BCUT2D eigenvalue weighted by atomic mass is 9.98. The van der Waals surface area contributed by atoms with Crippen LogP contribution in [0.25, 0.3) is 22.4 Å². The molecule has 3 aromatic rings. The van der Waals surface area contributed by atoms with Gasteiger partial charge in [-0.1, -0.05) is 43.0 Å². The van der Waals surface area contributed by atoms with Gasteiger partial charge in [0.1, 0.15) is 18.1 Å². The van der Waals surface area contributed by atoms with Crippen molar-refractivity contribution in [3.05, 3.63) is 84.4 Å². The highest BCUT2D eigenvalue weighted by Gasteiger charge is 2.09. The third-order valence-corrected chi connectivity index (χ3v) is 4.10. The number of allylic oxidation sites excluding steroid dienone is 1. The van der Waals surface area contributed by atoms with Gasteiger partial charge in [0.25, 0.3) is 0 Å². The normalized spacial score (nSPS) is 11.0. The van der Waals surface area contributed by atoms with Gasteiger partial charge in [0.05, 0.1) is 18.8 Å². The Morgan fingerprint density at radius 2 is 1.85 bits per heavy atom. The van der Waals surface area contributed by atoms with Crippen LogP contribution in [0.5, 0.6) is 11.5 Å². The first-order chi connectivity index (χ1) is 12.8. The Hall–Kier alpha value is -3.51. The molecule has 128 valence electrons. The first-order valence-electron chi connectivity index (χ1n) is 8.28. The lowest BCUT2D eigenvalue weighted by Crippen LogP contribution is -1.96. The molecule has 0 amide bonds. The number of rotatable bonds is 6. The number of hydrogen-bond acceptors (Lipinski definition) is 3. The van der Waals surface area contributed by atoms with Crippen molar-refractivity contribution in [1.82, 2.24) is 0 Å². The predicted octanol–water partition coefficient (Wildman–Crippen LogP) is 5.48. The molecule has 0 unspecified atom stereocenters. The van der Waals surface area contributed by atoms with Gasteiger partial charge in [-0.15, -0.1) is 0 Å². The fraction of sp³-hybridized carbons (Fsp3) is 0.0870. The molecule has 3 nitrogen and oxygen atoms in total. The monoisotopic (exact) mass is 341 g/mol. The Labute approximate surface area is 153 Å². The van der Waals surface area contributed by atoms with E-state index in [2.05, 4.69) is 12.6 Å². The van der Waals surface area contributed by atoms with E-state index in [0.717, 1.165) is 33.4 Å². The maximum absolute atomic E-state index is 9.70. The number of methoxy groups -OCH3 is 1. The van der Waals surface area contributed by atoms with E-state index in [1.807, 2.05) is 66.7 Å². The van der Waals surface area contributed by atoms with Crippen LogP contribution in [0.4, 0.5) is 0 Å². The van der Waals surface area contributed by atoms with Gasteiger partial charge in [-0.25, -0.2) is 0 Å². The summed E-state index contributed by atoms with van der Waals surface area (Å²) < 4.78 is 11.0. The first-order valence-corrected chi connectivity index (χ1v) is 8.28. The molecule has 26 heavy (non-hydrogen) atoms. The van der Waals surface area contributed by atoms with Gasteiger partial charge in [0.2, 0.25) is 0 Å². The Bertz CT molecular complexity index is 995. The lowest BCUT2D eigenvalue weighted by molar-refractivity contribution is 0.363. The van der Waals surface area contributed by atoms with Crippen molar-refractivity contribution in [3.8, 4) is 17.6 Å². The van der Waals surface area contributed by atoms with Crippen LogP contribution in [-0.4, -0.2) is 13.7 Å². The van der Waals surface area contributed by atoms with Gasteiger partial charge in [-0.3, -0.25) is 0 Å². The fourth-order valence-electron chi connectivity index (χ4n) is 2.79. The van der Waals surface area contributed by atoms with E-state index < -0.39 is 0 Å². The maximum Gasteiger partial charge on any atom is 0.127 e. The van der Waals surface area contributed by atoms with Crippen molar-refractivity contribution in [3.63, 3.8) is 0 Å². The van der Waals surface area contributed by atoms with Crippen molar-refractivity contribution in [1.29, 1.82) is 5.26 Å². The second-order valence-electron chi connectivity index (χ2n) is 5.70. The molecule has 0 aliphatic carbocycles. The van der Waals surface area contributed by atoms with Crippen molar-refractivity contribution in [2.24, 2.45) is 0 Å². The summed E-state index contributed by atoms with van der Waals surface area (Å²) in [4.78, 5) is 0. The zero-order valence-electron chi connectivity index (χ0n) is 14.6. The molecule has 0 heterocycles. The van der Waals surface area contributed by atoms with Crippen LogP contribution < -0.4 is 9.47 Å². The summed E-state index contributed by atoms with van der Waals surface area (Å²) in [5.41, 5.74) is 2.28. The van der Waals surface area contributed by atoms with Crippen molar-refractivity contribution in [2.45, 2.75) is 0 Å². The Morgan fingerprint density at radius 1 is 1.08 bits per heavy atom. The van der Waals surface area contributed by atoms with E-state index in [1.54, 1.807) is 13.2 Å². The van der Waals surface area contributed by atoms with Crippen LogP contribution in [0, 0.1) is 11.3 Å². The molecular formula is C23H19NO2. The van der Waals surface area contributed by atoms with Crippen molar-refractivity contribution >= 4 is 22.4 Å². The summed E-state index contributed by atoms with van der Waals surface area (Å²) in [5, 5.41) is 11.8. The summed E-state index contributed by atoms with van der Waals surface area (Å²) in [5.74, 6) is 1.48. The first kappa shape index (κ1) is 17.3. The van der Waals surface area contributed by atoms with Crippen LogP contribution in [0.1, 0.15) is 11.1 Å². The Kier molecular flexibility index (Phi) is 5.36. The van der Waals surface area contributed by atoms with E-state index in [9.17, 15) is 5.26 Å². The van der Waals surface area contributed by atoms with Gasteiger partial charge in [0.15, 0.2) is 0 Å². The van der Waals surface area contributed by atoms with E-state index in [-0.39, 0.29) is 0 Å². The number of nitriles is 1. The molecule has 0 N–H and O–H groups in total. The highest BCUT2D eigenvalue weighted by molar-refractivity contribution is 6.00. The number of fused-ring (bicyclic) bond motifs is 1. The Morgan fingerprint density at radius 3 is 2.54 bits per heavy atom. The van der Waals surface area contributed by atoms with Crippen molar-refractivity contribution < 1.29 is 9.47 Å². The third-order valence-electron chi connectivity index (χ3n) is 4.10. The Balaban J connectivity index is 2.15. The van der Waals surface area contributed by atoms with Gasteiger partial charge in [0, 0.05) is 5.56 Å². The smallest absolute Gasteiger partial charge is 0.127 e. The number of ether oxygens (including phenoxy) is 2. The van der Waals surface area contributed by atoms with E-state index >= 15 is 0 Å². The molecule has 3 aromatic carbocycles. The maximum atomic E-state index is 9.70. The molecule has 0 aliphatic rings. The molecular weight excluding hydrogens is 322 g/mol. The minimum absolute atomic E-state index is 0.406. The molecule has 0 aliphatic heterocycles. The second kappa shape index (κ2) is 8.04. The largest absolute Gasteiger partial charge is 0.497 e. The highest BCUT2D eigenvalue weighted by Crippen LogP contribution is 2.32. The summed E-state index contributed by atoms with van der Waals surface area (Å²) in [6.45, 7) is 4.11. The predicted molar refractivity (Wildman–Crippen MR) is 106 cm³/mol.